The molecule has 1 fully saturated rings. The van der Waals surface area contributed by atoms with Crippen molar-refractivity contribution in [2.45, 2.75) is 31.7 Å². The summed E-state index contributed by atoms with van der Waals surface area (Å²) in [4.78, 5) is 11.6. The third-order valence-corrected chi connectivity index (χ3v) is 7.79. The van der Waals surface area contributed by atoms with Gasteiger partial charge >= 0.3 is 0 Å². The Morgan fingerprint density at radius 1 is 1.32 bits per heavy atom. The summed E-state index contributed by atoms with van der Waals surface area (Å²) in [5.41, 5.74) is 3.23. The molecule has 1 atom stereocenters. The lowest BCUT2D eigenvalue weighted by atomic mass is 9.83. The van der Waals surface area contributed by atoms with Crippen LogP contribution in [0.3, 0.4) is 0 Å². The number of aliphatic hydroxyl groups is 1. The maximum atomic E-state index is 10.0. The second-order valence-electron chi connectivity index (χ2n) is 10.3. The van der Waals surface area contributed by atoms with Crippen LogP contribution in [0.25, 0.3) is 11.3 Å². The average Bonchev–Trinajstić information content (AvgIpc) is 3.46. The lowest BCUT2D eigenvalue weighted by Crippen LogP contribution is -2.37. The Hall–Kier alpha value is -3.23. The van der Waals surface area contributed by atoms with Crippen molar-refractivity contribution >= 4 is 29.1 Å². The number of hydrogen-bond acceptors (Lipinski definition) is 9. The highest BCUT2D eigenvalue weighted by atomic mass is 35.5. The molecule has 4 heterocycles. The number of halogens is 1. The molecule has 0 aliphatic carbocycles. The topological polar surface area (TPSA) is 124 Å². The van der Waals surface area contributed by atoms with Gasteiger partial charge in [0, 0.05) is 50.0 Å². The fraction of sp³-hybridized carbons (Fsp3) is 0.481. The standard InChI is InChI=1S/C27H33ClN8O2/c1-27(17-37)16-31-25-20(14-29)11-19(12-21(25)27)22-3-6-30-26(32-22)33-24-13-23(28)34-36(24)15-18-4-7-35(8-5-18)9-10-38-2/h3,6,11-13,18,31,37H,4-5,7-10,15-17H2,1-2H3,(H,30,32,33)/t27-/m1/s1. The van der Waals surface area contributed by atoms with Crippen LogP contribution in [0.2, 0.25) is 5.15 Å². The van der Waals surface area contributed by atoms with Crippen molar-refractivity contribution in [2.75, 3.05) is 57.1 Å². The first-order valence-electron chi connectivity index (χ1n) is 12.9. The number of benzene rings is 1. The zero-order chi connectivity index (χ0) is 26.7. The Kier molecular flexibility index (Phi) is 7.81. The van der Waals surface area contributed by atoms with Crippen molar-refractivity contribution in [2.24, 2.45) is 5.92 Å². The zero-order valence-corrected chi connectivity index (χ0v) is 22.5. The van der Waals surface area contributed by atoms with Gasteiger partial charge in [0.25, 0.3) is 0 Å². The lowest BCUT2D eigenvalue weighted by molar-refractivity contribution is 0.116. The summed E-state index contributed by atoms with van der Waals surface area (Å²) in [6.45, 7) is 7.12. The fourth-order valence-corrected chi connectivity index (χ4v) is 5.44. The van der Waals surface area contributed by atoms with E-state index >= 15 is 0 Å². The van der Waals surface area contributed by atoms with Gasteiger partial charge < -0.3 is 25.4 Å². The molecule has 0 amide bonds. The van der Waals surface area contributed by atoms with Crippen LogP contribution in [-0.2, 0) is 16.7 Å². The van der Waals surface area contributed by atoms with E-state index in [2.05, 4.69) is 31.7 Å². The van der Waals surface area contributed by atoms with E-state index in [4.69, 9.17) is 21.3 Å². The molecule has 1 aromatic carbocycles. The van der Waals surface area contributed by atoms with Crippen molar-refractivity contribution < 1.29 is 9.84 Å². The number of nitrogens with zero attached hydrogens (tertiary/aromatic N) is 6. The average molecular weight is 537 g/mol. The molecule has 0 radical (unpaired) electrons. The third kappa shape index (κ3) is 5.47. The second kappa shape index (κ2) is 11.3. The molecule has 2 aromatic heterocycles. The smallest absolute Gasteiger partial charge is 0.228 e. The molecule has 38 heavy (non-hydrogen) atoms. The molecule has 3 aromatic rings. The number of piperidine rings is 1. The maximum Gasteiger partial charge on any atom is 0.228 e. The number of aromatic nitrogens is 4. The highest BCUT2D eigenvalue weighted by Gasteiger charge is 2.36. The van der Waals surface area contributed by atoms with Crippen LogP contribution in [-0.4, -0.2) is 76.3 Å². The SMILES string of the molecule is COCCN1CCC(Cn2nc(Cl)cc2Nc2nccc(-c3cc(C#N)c4c(c3)[C@@](C)(CO)CN4)n2)CC1. The maximum absolute atomic E-state index is 10.0. The number of rotatable bonds is 9. The number of fused-ring (bicyclic) bond motifs is 1. The minimum atomic E-state index is -0.464. The molecule has 3 N–H and O–H groups in total. The van der Waals surface area contributed by atoms with Gasteiger partial charge in [0.15, 0.2) is 5.15 Å². The number of methoxy groups -OCH3 is 1. The summed E-state index contributed by atoms with van der Waals surface area (Å²) in [5.74, 6) is 1.65. The van der Waals surface area contributed by atoms with E-state index in [1.807, 2.05) is 29.8 Å². The minimum Gasteiger partial charge on any atom is -0.395 e. The first-order chi connectivity index (χ1) is 18.4. The largest absolute Gasteiger partial charge is 0.395 e. The van der Waals surface area contributed by atoms with Crippen LogP contribution in [0, 0.1) is 17.2 Å². The van der Waals surface area contributed by atoms with Crippen molar-refractivity contribution in [3.63, 3.8) is 0 Å². The Morgan fingerprint density at radius 3 is 2.87 bits per heavy atom. The van der Waals surface area contributed by atoms with Crippen molar-refractivity contribution in [3.05, 3.63) is 46.7 Å². The molecule has 0 bridgehead atoms. The van der Waals surface area contributed by atoms with Crippen molar-refractivity contribution in [3.8, 4) is 17.3 Å². The molecule has 0 saturated carbocycles. The van der Waals surface area contributed by atoms with Gasteiger partial charge in [-0.3, -0.25) is 0 Å². The predicted octanol–water partition coefficient (Wildman–Crippen LogP) is 3.64. The number of anilines is 3. The second-order valence-corrected chi connectivity index (χ2v) is 10.7. The molecule has 5 rings (SSSR count). The molecular formula is C27H33ClN8O2. The molecule has 11 heteroatoms. The number of ether oxygens (including phenoxy) is 1. The first-order valence-corrected chi connectivity index (χ1v) is 13.3. The van der Waals surface area contributed by atoms with E-state index < -0.39 is 5.41 Å². The number of aliphatic hydroxyl groups excluding tert-OH is 1. The van der Waals surface area contributed by atoms with Gasteiger partial charge in [-0.25, -0.2) is 14.6 Å². The molecule has 10 nitrogen and oxygen atoms in total. The van der Waals surface area contributed by atoms with Crippen LogP contribution >= 0.6 is 11.6 Å². The van der Waals surface area contributed by atoms with Crippen molar-refractivity contribution in [1.82, 2.24) is 24.6 Å². The van der Waals surface area contributed by atoms with Gasteiger partial charge in [-0.1, -0.05) is 18.5 Å². The minimum absolute atomic E-state index is 0.0190. The number of likely N-dealkylation sites (tertiary alicyclic amines) is 1. The van der Waals surface area contributed by atoms with Gasteiger partial charge in [-0.2, -0.15) is 10.4 Å². The van der Waals surface area contributed by atoms with Crippen LogP contribution < -0.4 is 10.6 Å². The van der Waals surface area contributed by atoms with Crippen LogP contribution in [0.5, 0.6) is 0 Å². The molecule has 2 aliphatic rings. The fourth-order valence-electron chi connectivity index (χ4n) is 5.24. The quantitative estimate of drug-likeness (QED) is 0.376. The number of nitriles is 1. The molecule has 200 valence electrons. The van der Waals surface area contributed by atoms with Gasteiger partial charge in [-0.15, -0.1) is 0 Å². The monoisotopic (exact) mass is 536 g/mol. The summed E-state index contributed by atoms with van der Waals surface area (Å²) in [7, 11) is 1.74. The number of nitrogens with one attached hydrogen (secondary N) is 2. The molecular weight excluding hydrogens is 504 g/mol. The Labute approximate surface area is 227 Å². The Bertz CT molecular complexity index is 1330. The van der Waals surface area contributed by atoms with E-state index in [0.717, 1.165) is 68.3 Å². The Balaban J connectivity index is 1.34. The summed E-state index contributed by atoms with van der Waals surface area (Å²) < 4.78 is 7.10. The van der Waals surface area contributed by atoms with Gasteiger partial charge in [0.1, 0.15) is 11.9 Å². The van der Waals surface area contributed by atoms with Crippen LogP contribution in [0.15, 0.2) is 30.5 Å². The lowest BCUT2D eigenvalue weighted by Gasteiger charge is -2.31. The molecule has 0 spiro atoms. The summed E-state index contributed by atoms with van der Waals surface area (Å²) >= 11 is 6.29. The van der Waals surface area contributed by atoms with Gasteiger partial charge in [-0.05, 0) is 55.6 Å². The highest BCUT2D eigenvalue weighted by Crippen LogP contribution is 2.41. The Morgan fingerprint density at radius 2 is 2.13 bits per heavy atom. The first kappa shape index (κ1) is 26.4. The molecule has 0 unspecified atom stereocenters. The van der Waals surface area contributed by atoms with Crippen LogP contribution in [0.1, 0.15) is 30.9 Å². The van der Waals surface area contributed by atoms with E-state index in [1.54, 1.807) is 19.4 Å². The summed E-state index contributed by atoms with van der Waals surface area (Å²) in [6, 6.07) is 9.69. The van der Waals surface area contributed by atoms with E-state index in [-0.39, 0.29) is 6.61 Å². The zero-order valence-electron chi connectivity index (χ0n) is 21.7. The van der Waals surface area contributed by atoms with Crippen molar-refractivity contribution in [1.29, 1.82) is 5.26 Å². The normalized spacial score (nSPS) is 19.7. The van der Waals surface area contributed by atoms with E-state index in [9.17, 15) is 10.4 Å². The molecule has 2 aliphatic heterocycles. The summed E-state index contributed by atoms with van der Waals surface area (Å²) in [5, 5.41) is 31.3. The molecule has 1 saturated heterocycles. The highest BCUT2D eigenvalue weighted by molar-refractivity contribution is 6.29. The van der Waals surface area contributed by atoms with Gasteiger partial charge in [0.2, 0.25) is 5.95 Å². The van der Waals surface area contributed by atoms with E-state index in [1.165, 1.54) is 0 Å². The van der Waals surface area contributed by atoms with E-state index in [0.29, 0.717) is 34.8 Å². The van der Waals surface area contributed by atoms with Crippen LogP contribution in [0.4, 0.5) is 17.5 Å². The van der Waals surface area contributed by atoms with Gasteiger partial charge in [0.05, 0.1) is 30.2 Å². The predicted molar refractivity (Wildman–Crippen MR) is 147 cm³/mol. The number of hydrogen-bond donors (Lipinski definition) is 3. The summed E-state index contributed by atoms with van der Waals surface area (Å²) in [6.07, 6.45) is 3.87. The third-order valence-electron chi connectivity index (χ3n) is 7.60.